The number of hydrogen-bond donors (Lipinski definition) is 1. The fraction of sp³-hybridized carbons (Fsp3) is 0.625. The highest BCUT2D eigenvalue weighted by Gasteiger charge is 2.06. The first-order valence-electron chi connectivity index (χ1n) is 7.38. The van der Waals surface area contributed by atoms with Crippen LogP contribution in [0.15, 0.2) is 22.7 Å². The molecule has 1 rings (SSSR count). The van der Waals surface area contributed by atoms with Gasteiger partial charge in [0.15, 0.2) is 0 Å². The van der Waals surface area contributed by atoms with Gasteiger partial charge in [-0.2, -0.15) is 0 Å². The molecule has 0 saturated carbocycles. The molecule has 0 spiro atoms. The predicted octanol–water partition coefficient (Wildman–Crippen LogP) is 3.81. The van der Waals surface area contributed by atoms with Crippen molar-refractivity contribution in [2.45, 2.75) is 32.7 Å². The molecule has 0 atom stereocenters. The number of unbranched alkanes of at least 4 members (excludes halogenated alkanes) is 2. The minimum atomic E-state index is 0.749. The van der Waals surface area contributed by atoms with Crippen LogP contribution in [-0.2, 0) is 11.3 Å². The number of rotatable bonds is 10. The lowest BCUT2D eigenvalue weighted by atomic mass is 10.2. The second-order valence-corrected chi connectivity index (χ2v) is 5.94. The van der Waals surface area contributed by atoms with Crippen LogP contribution in [0.1, 0.15) is 31.7 Å². The van der Waals surface area contributed by atoms with Gasteiger partial charge in [-0.3, -0.25) is 0 Å². The molecule has 0 amide bonds. The molecular formula is C16H27BrN2O. The molecule has 20 heavy (non-hydrogen) atoms. The molecule has 114 valence electrons. The van der Waals surface area contributed by atoms with Gasteiger partial charge in [0, 0.05) is 38.3 Å². The van der Waals surface area contributed by atoms with E-state index in [1.165, 1.54) is 35.0 Å². The fourth-order valence-electron chi connectivity index (χ4n) is 2.10. The molecule has 0 aliphatic carbocycles. The molecule has 0 aromatic heterocycles. The van der Waals surface area contributed by atoms with Crippen molar-refractivity contribution >= 4 is 21.6 Å². The summed E-state index contributed by atoms with van der Waals surface area (Å²) in [5, 5.41) is 3.36. The number of nitrogens with one attached hydrogen (secondary N) is 1. The largest absolute Gasteiger partial charge is 0.383 e. The van der Waals surface area contributed by atoms with Crippen LogP contribution in [0.4, 0.5) is 5.69 Å². The molecule has 1 aromatic carbocycles. The molecule has 3 nitrogen and oxygen atoms in total. The topological polar surface area (TPSA) is 24.5 Å². The van der Waals surface area contributed by atoms with E-state index in [4.69, 9.17) is 4.74 Å². The average Bonchev–Trinajstić information content (AvgIpc) is 2.44. The van der Waals surface area contributed by atoms with Gasteiger partial charge in [0.1, 0.15) is 0 Å². The zero-order valence-corrected chi connectivity index (χ0v) is 14.5. The van der Waals surface area contributed by atoms with E-state index in [9.17, 15) is 0 Å². The first-order chi connectivity index (χ1) is 9.69. The summed E-state index contributed by atoms with van der Waals surface area (Å²) >= 11 is 3.69. The van der Waals surface area contributed by atoms with Gasteiger partial charge < -0.3 is 15.0 Å². The summed E-state index contributed by atoms with van der Waals surface area (Å²) < 4.78 is 6.19. The van der Waals surface area contributed by atoms with Gasteiger partial charge in [0.25, 0.3) is 0 Å². The number of ether oxygens (including phenoxy) is 1. The third kappa shape index (κ3) is 6.25. The molecule has 0 unspecified atom stereocenters. The summed E-state index contributed by atoms with van der Waals surface area (Å²) in [5.74, 6) is 0. The highest BCUT2D eigenvalue weighted by Crippen LogP contribution is 2.26. The Balaban J connectivity index is 2.49. The number of hydrogen-bond acceptors (Lipinski definition) is 3. The van der Waals surface area contributed by atoms with E-state index >= 15 is 0 Å². The Morgan fingerprint density at radius 1 is 1.30 bits per heavy atom. The highest BCUT2D eigenvalue weighted by atomic mass is 79.9. The normalized spacial score (nSPS) is 10.8. The second kappa shape index (κ2) is 10.2. The fourth-order valence-corrected chi connectivity index (χ4v) is 2.83. The molecule has 1 aromatic rings. The molecule has 0 bridgehead atoms. The van der Waals surface area contributed by atoms with Gasteiger partial charge in [-0.25, -0.2) is 0 Å². The molecule has 1 N–H and O–H groups in total. The van der Waals surface area contributed by atoms with E-state index in [2.05, 4.69) is 58.3 Å². The number of methoxy groups -OCH3 is 1. The Hall–Kier alpha value is -0.580. The molecule has 0 saturated heterocycles. The summed E-state index contributed by atoms with van der Waals surface area (Å²) in [6.45, 7) is 5.85. The lowest BCUT2D eigenvalue weighted by molar-refractivity contribution is 0.199. The van der Waals surface area contributed by atoms with Crippen molar-refractivity contribution in [1.29, 1.82) is 0 Å². The van der Waals surface area contributed by atoms with Crippen molar-refractivity contribution in [2.75, 3.05) is 38.8 Å². The van der Waals surface area contributed by atoms with Crippen molar-refractivity contribution in [3.8, 4) is 0 Å². The molecule has 0 aliphatic heterocycles. The third-order valence-electron chi connectivity index (χ3n) is 3.33. The second-order valence-electron chi connectivity index (χ2n) is 5.08. The van der Waals surface area contributed by atoms with Crippen LogP contribution < -0.4 is 10.2 Å². The number of anilines is 1. The molecular weight excluding hydrogens is 316 g/mol. The lowest BCUT2D eigenvalue weighted by Gasteiger charge is -2.21. The maximum Gasteiger partial charge on any atom is 0.0587 e. The van der Waals surface area contributed by atoms with Crippen LogP contribution in [0.25, 0.3) is 0 Å². The standard InChI is InChI=1S/C16H27BrN2O/c1-4-5-6-10-19(2)16-8-7-14(12-15(16)17)13-18-9-11-20-3/h7-8,12,18H,4-6,9-11,13H2,1-3H3. The number of nitrogens with zero attached hydrogens (tertiary/aromatic N) is 1. The van der Waals surface area contributed by atoms with E-state index in [1.807, 2.05) is 0 Å². The van der Waals surface area contributed by atoms with E-state index in [1.54, 1.807) is 7.11 Å². The SMILES string of the molecule is CCCCCN(C)c1ccc(CNCCOC)cc1Br. The van der Waals surface area contributed by atoms with Crippen molar-refractivity contribution in [2.24, 2.45) is 0 Å². The quantitative estimate of drug-likeness (QED) is 0.654. The van der Waals surface area contributed by atoms with E-state index in [-0.39, 0.29) is 0 Å². The van der Waals surface area contributed by atoms with Crippen molar-refractivity contribution < 1.29 is 4.74 Å². The average molecular weight is 343 g/mol. The van der Waals surface area contributed by atoms with Crippen LogP contribution in [0.3, 0.4) is 0 Å². The Bertz CT molecular complexity index is 385. The maximum absolute atomic E-state index is 5.02. The van der Waals surface area contributed by atoms with Gasteiger partial charge in [-0.05, 0) is 40.0 Å². The maximum atomic E-state index is 5.02. The van der Waals surface area contributed by atoms with Crippen LogP contribution in [-0.4, -0.2) is 33.9 Å². The summed E-state index contributed by atoms with van der Waals surface area (Å²) in [4.78, 5) is 2.32. The Morgan fingerprint density at radius 3 is 2.75 bits per heavy atom. The van der Waals surface area contributed by atoms with Crippen LogP contribution >= 0.6 is 15.9 Å². The minimum Gasteiger partial charge on any atom is -0.383 e. The molecule has 4 heteroatoms. The van der Waals surface area contributed by atoms with Gasteiger partial charge in [0.2, 0.25) is 0 Å². The summed E-state index contributed by atoms with van der Waals surface area (Å²) in [6, 6.07) is 6.59. The Morgan fingerprint density at radius 2 is 2.10 bits per heavy atom. The molecule has 0 aliphatic rings. The first kappa shape index (κ1) is 17.5. The van der Waals surface area contributed by atoms with Crippen molar-refractivity contribution in [3.05, 3.63) is 28.2 Å². The summed E-state index contributed by atoms with van der Waals surface area (Å²) in [5.41, 5.74) is 2.56. The van der Waals surface area contributed by atoms with E-state index < -0.39 is 0 Å². The zero-order chi connectivity index (χ0) is 14.8. The smallest absolute Gasteiger partial charge is 0.0587 e. The third-order valence-corrected chi connectivity index (χ3v) is 3.97. The lowest BCUT2D eigenvalue weighted by Crippen LogP contribution is -2.20. The molecule has 0 heterocycles. The van der Waals surface area contributed by atoms with Crippen LogP contribution in [0.2, 0.25) is 0 Å². The van der Waals surface area contributed by atoms with Crippen LogP contribution in [0, 0.1) is 0 Å². The van der Waals surface area contributed by atoms with Crippen molar-refractivity contribution in [1.82, 2.24) is 5.32 Å². The first-order valence-corrected chi connectivity index (χ1v) is 8.17. The number of benzene rings is 1. The van der Waals surface area contributed by atoms with E-state index in [0.29, 0.717) is 0 Å². The van der Waals surface area contributed by atoms with Crippen LogP contribution in [0.5, 0.6) is 0 Å². The Kier molecular flexibility index (Phi) is 8.90. The molecule has 0 radical (unpaired) electrons. The van der Waals surface area contributed by atoms with Crippen molar-refractivity contribution in [3.63, 3.8) is 0 Å². The highest BCUT2D eigenvalue weighted by molar-refractivity contribution is 9.10. The molecule has 0 fully saturated rings. The predicted molar refractivity (Wildman–Crippen MR) is 90.5 cm³/mol. The number of halogens is 1. The van der Waals surface area contributed by atoms with E-state index in [0.717, 1.165) is 26.2 Å². The van der Waals surface area contributed by atoms with Gasteiger partial charge >= 0.3 is 0 Å². The van der Waals surface area contributed by atoms with Gasteiger partial charge in [-0.15, -0.1) is 0 Å². The minimum absolute atomic E-state index is 0.749. The summed E-state index contributed by atoms with van der Waals surface area (Å²) in [6.07, 6.45) is 3.81. The van der Waals surface area contributed by atoms with Gasteiger partial charge in [0.05, 0.1) is 12.3 Å². The van der Waals surface area contributed by atoms with Gasteiger partial charge in [-0.1, -0.05) is 25.8 Å². The monoisotopic (exact) mass is 342 g/mol. The summed E-state index contributed by atoms with van der Waals surface area (Å²) in [7, 11) is 3.88. The Labute approximate surface area is 131 Å². The zero-order valence-electron chi connectivity index (χ0n) is 12.9.